The Morgan fingerprint density at radius 1 is 0.950 bits per heavy atom. The van der Waals surface area contributed by atoms with E-state index in [1.165, 1.54) is 19.3 Å². The maximum absolute atomic E-state index is 12.7. The van der Waals surface area contributed by atoms with E-state index < -0.39 is 6.10 Å². The fourth-order valence-corrected chi connectivity index (χ4v) is 12.7. The number of esters is 1. The molecule has 228 valence electrons. The molecule has 0 amide bonds. The topological polar surface area (TPSA) is 76.0 Å². The van der Waals surface area contributed by atoms with Crippen LogP contribution < -0.4 is 0 Å². The molecule has 0 aromatic carbocycles. The van der Waals surface area contributed by atoms with Crippen LogP contribution in [0.5, 0.6) is 0 Å². The van der Waals surface area contributed by atoms with E-state index in [1.807, 2.05) is 13.8 Å². The smallest absolute Gasteiger partial charge is 0.306 e. The Bertz CT molecular complexity index is 1020. The minimum atomic E-state index is -0.509. The van der Waals surface area contributed by atoms with E-state index in [0.717, 1.165) is 32.1 Å². The van der Waals surface area contributed by atoms with Gasteiger partial charge in [0.25, 0.3) is 0 Å². The summed E-state index contributed by atoms with van der Waals surface area (Å²) in [7, 11) is 0. The Labute approximate surface area is 243 Å². The quantitative estimate of drug-likeness (QED) is 0.364. The summed E-state index contributed by atoms with van der Waals surface area (Å²) in [6.45, 7) is 20.3. The fourth-order valence-electron chi connectivity index (χ4n) is 12.7. The Hall–Kier alpha value is -0.650. The summed E-state index contributed by atoms with van der Waals surface area (Å²) < 4.78 is 13.1. The first-order valence-electron chi connectivity index (χ1n) is 16.8. The van der Waals surface area contributed by atoms with Crippen LogP contribution in [0.15, 0.2) is 0 Å². The molecule has 8 unspecified atom stereocenters. The van der Waals surface area contributed by atoms with E-state index in [4.69, 9.17) is 9.47 Å². The van der Waals surface area contributed by atoms with Gasteiger partial charge in [0.1, 0.15) is 6.10 Å². The van der Waals surface area contributed by atoms with Crippen LogP contribution in [0.3, 0.4) is 0 Å². The number of ether oxygens (including phenoxy) is 2. The highest BCUT2D eigenvalue weighted by molar-refractivity contribution is 5.69. The van der Waals surface area contributed by atoms with Crippen molar-refractivity contribution in [1.29, 1.82) is 0 Å². The molecule has 6 fully saturated rings. The first kappa shape index (κ1) is 29.4. The van der Waals surface area contributed by atoms with Gasteiger partial charge in [0.15, 0.2) is 0 Å². The summed E-state index contributed by atoms with van der Waals surface area (Å²) in [6.07, 6.45) is 8.06. The van der Waals surface area contributed by atoms with Crippen LogP contribution in [-0.2, 0) is 14.3 Å². The van der Waals surface area contributed by atoms with E-state index in [-0.39, 0.29) is 58.5 Å². The molecule has 2 spiro atoms. The number of hydrogen-bond donors (Lipinski definition) is 2. The van der Waals surface area contributed by atoms with Crippen LogP contribution in [0, 0.1) is 62.6 Å². The molecule has 0 radical (unpaired) electrons. The normalized spacial score (nSPS) is 53.1. The lowest BCUT2D eigenvalue weighted by Gasteiger charge is -2.63. The maximum atomic E-state index is 12.7. The molecular weight excluding hydrogens is 500 g/mol. The summed E-state index contributed by atoms with van der Waals surface area (Å²) >= 11 is 0. The van der Waals surface area contributed by atoms with Crippen molar-refractivity contribution in [2.75, 3.05) is 0 Å². The van der Waals surface area contributed by atoms with Crippen molar-refractivity contribution in [3.8, 4) is 0 Å². The summed E-state index contributed by atoms with van der Waals surface area (Å²) in [5.74, 6) is 2.09. The van der Waals surface area contributed by atoms with Gasteiger partial charge in [-0.1, -0.05) is 62.3 Å². The number of carbonyl (C=O) groups is 1. The number of rotatable bonds is 5. The van der Waals surface area contributed by atoms with Crippen LogP contribution in [0.2, 0.25) is 0 Å². The van der Waals surface area contributed by atoms with Gasteiger partial charge in [0.2, 0.25) is 0 Å². The average molecular weight is 559 g/mol. The summed E-state index contributed by atoms with van der Waals surface area (Å²) in [4.78, 5) is 12.7. The third-order valence-corrected chi connectivity index (χ3v) is 14.7. The number of aliphatic hydroxyl groups excluding tert-OH is 2. The Morgan fingerprint density at radius 3 is 2.25 bits per heavy atom. The van der Waals surface area contributed by atoms with E-state index in [2.05, 4.69) is 48.5 Å². The molecule has 1 heterocycles. The first-order valence-corrected chi connectivity index (χ1v) is 16.8. The van der Waals surface area contributed by atoms with Crippen molar-refractivity contribution < 1.29 is 24.5 Å². The fraction of sp³-hybridized carbons (Fsp3) is 0.971. The minimum absolute atomic E-state index is 0.0271. The molecule has 1 saturated heterocycles. The third kappa shape index (κ3) is 3.58. The van der Waals surface area contributed by atoms with Crippen LogP contribution in [0.1, 0.15) is 120 Å². The number of fused-ring (bicyclic) bond motifs is 4. The Balaban J connectivity index is 1.30. The Kier molecular flexibility index (Phi) is 6.75. The molecule has 0 aromatic rings. The van der Waals surface area contributed by atoms with Gasteiger partial charge in [-0.3, -0.25) is 4.79 Å². The third-order valence-electron chi connectivity index (χ3n) is 14.7. The predicted molar refractivity (Wildman–Crippen MR) is 156 cm³/mol. The number of hydrogen-bond acceptors (Lipinski definition) is 5. The SMILES string of the molecule is CC(C)CC(=O)OC(C(C)C)C1C[C@@H](C)[C@H]2C(O1)[C@H](O)[C@@]1(C)C3CC[C@H]4C(C)(C)C(O)CCC45CC35CCC21C. The van der Waals surface area contributed by atoms with Crippen molar-refractivity contribution >= 4 is 5.97 Å². The Morgan fingerprint density at radius 2 is 1.60 bits per heavy atom. The van der Waals surface area contributed by atoms with Crippen LogP contribution in [0.25, 0.3) is 0 Å². The van der Waals surface area contributed by atoms with Gasteiger partial charge in [-0.25, -0.2) is 0 Å². The van der Waals surface area contributed by atoms with Gasteiger partial charge in [0, 0.05) is 11.8 Å². The van der Waals surface area contributed by atoms with Crippen molar-refractivity contribution in [3.05, 3.63) is 0 Å². The zero-order chi connectivity index (χ0) is 29.2. The molecule has 40 heavy (non-hydrogen) atoms. The molecule has 13 atom stereocenters. The van der Waals surface area contributed by atoms with Crippen LogP contribution in [0.4, 0.5) is 0 Å². The highest BCUT2D eigenvalue weighted by atomic mass is 16.6. The summed E-state index contributed by atoms with van der Waals surface area (Å²) in [6, 6.07) is 0. The molecule has 6 rings (SSSR count). The van der Waals surface area contributed by atoms with Gasteiger partial charge in [0.05, 0.1) is 24.4 Å². The molecule has 1 aliphatic heterocycles. The van der Waals surface area contributed by atoms with Crippen molar-refractivity contribution in [2.45, 2.75) is 151 Å². The van der Waals surface area contributed by atoms with E-state index in [1.54, 1.807) is 0 Å². The van der Waals surface area contributed by atoms with E-state index in [0.29, 0.717) is 40.9 Å². The highest BCUT2D eigenvalue weighted by Gasteiger charge is 2.84. The lowest BCUT2D eigenvalue weighted by molar-refractivity contribution is -0.197. The van der Waals surface area contributed by atoms with Gasteiger partial charge in [-0.2, -0.15) is 0 Å². The number of aliphatic hydroxyl groups is 2. The second kappa shape index (κ2) is 9.18. The highest BCUT2D eigenvalue weighted by Crippen LogP contribution is 2.89. The number of carbonyl (C=O) groups excluding carboxylic acids is 1. The lowest BCUT2D eigenvalue weighted by atomic mass is 9.41. The molecule has 5 heteroatoms. The molecule has 5 aliphatic carbocycles. The molecule has 5 nitrogen and oxygen atoms in total. The van der Waals surface area contributed by atoms with Gasteiger partial charge >= 0.3 is 5.97 Å². The largest absolute Gasteiger partial charge is 0.459 e. The van der Waals surface area contributed by atoms with Crippen LogP contribution >= 0.6 is 0 Å². The predicted octanol–water partition coefficient (Wildman–Crippen LogP) is 6.77. The second-order valence-electron chi connectivity index (χ2n) is 17.4. The first-order chi connectivity index (χ1) is 18.6. The van der Waals surface area contributed by atoms with Gasteiger partial charge in [-0.15, -0.1) is 0 Å². The van der Waals surface area contributed by atoms with Crippen molar-refractivity contribution in [1.82, 2.24) is 0 Å². The summed E-state index contributed by atoms with van der Waals surface area (Å²) in [5.41, 5.74) is 0.462. The molecule has 0 bridgehead atoms. The van der Waals surface area contributed by atoms with E-state index in [9.17, 15) is 15.0 Å². The minimum Gasteiger partial charge on any atom is -0.459 e. The van der Waals surface area contributed by atoms with Gasteiger partial charge < -0.3 is 19.7 Å². The monoisotopic (exact) mass is 558 g/mol. The van der Waals surface area contributed by atoms with Crippen LogP contribution in [-0.4, -0.2) is 46.7 Å². The summed E-state index contributed by atoms with van der Waals surface area (Å²) in [5, 5.41) is 23.4. The molecular formula is C35H58O5. The standard InChI is InChI=1S/C35H58O5/c1-19(2)16-26(37)40-28(20(3)4)22-17-21(5)27-29(39-22)30(38)33(9)24-11-10-23-31(6,7)25(36)12-13-34(23)18-35(24,34)15-14-32(27,33)8/h19-25,27-30,36,38H,10-18H2,1-9H3/t21-,22?,23+,24?,25?,27+,28?,29?,30+,32?,33-,34?,35?/m1/s1. The molecule has 6 aliphatic rings. The maximum Gasteiger partial charge on any atom is 0.306 e. The zero-order valence-electron chi connectivity index (χ0n) is 26.8. The van der Waals surface area contributed by atoms with Crippen molar-refractivity contribution in [2.24, 2.45) is 62.6 Å². The zero-order valence-corrected chi connectivity index (χ0v) is 26.8. The van der Waals surface area contributed by atoms with Gasteiger partial charge in [-0.05, 0) is 109 Å². The van der Waals surface area contributed by atoms with Crippen molar-refractivity contribution in [3.63, 3.8) is 0 Å². The van der Waals surface area contributed by atoms with E-state index >= 15 is 0 Å². The average Bonchev–Trinajstić information content (AvgIpc) is 3.49. The molecule has 0 aromatic heterocycles. The molecule has 5 saturated carbocycles. The second-order valence-corrected chi connectivity index (χ2v) is 17.4. The lowest BCUT2D eigenvalue weighted by Crippen LogP contribution is -2.59. The molecule has 2 N–H and O–H groups in total.